The topological polar surface area (TPSA) is 69.7 Å². The molecule has 0 unspecified atom stereocenters. The molecule has 1 N–H and O–H groups in total. The van der Waals surface area contributed by atoms with Crippen LogP contribution >= 0.6 is 0 Å². The second-order valence-electron chi connectivity index (χ2n) is 9.12. The Morgan fingerprint density at radius 3 is 2.21 bits per heavy atom. The van der Waals surface area contributed by atoms with Crippen LogP contribution in [0.15, 0.2) is 24.3 Å². The van der Waals surface area contributed by atoms with Crippen LogP contribution in [0.3, 0.4) is 0 Å². The average molecular weight is 408 g/mol. The number of carbonyl (C=O) groups excluding carboxylic acids is 1. The number of carbonyl (C=O) groups is 1. The van der Waals surface area contributed by atoms with Crippen LogP contribution in [0.25, 0.3) is 0 Å². The number of benzene rings is 1. The van der Waals surface area contributed by atoms with E-state index in [1.807, 2.05) is 19.1 Å². The molecule has 2 aliphatic heterocycles. The van der Waals surface area contributed by atoms with E-state index < -0.39 is 9.84 Å². The molecule has 2 saturated heterocycles. The largest absolute Gasteiger partial charge is 0.325 e. The second kappa shape index (κ2) is 8.13. The number of amides is 1. The molecule has 3 rings (SSSR count). The van der Waals surface area contributed by atoms with Crippen LogP contribution in [0.1, 0.15) is 39.7 Å². The van der Waals surface area contributed by atoms with Crippen LogP contribution in [0.2, 0.25) is 0 Å². The SMILES string of the molecule is C[C@@H](C(=O)Nc1ccc(C(C)(C)C)cc1)N1CCN([C@H]2CCS(=O)(=O)C2)CC1. The van der Waals surface area contributed by atoms with Gasteiger partial charge in [0.1, 0.15) is 0 Å². The summed E-state index contributed by atoms with van der Waals surface area (Å²) in [5.74, 6) is 0.596. The third-order valence-corrected chi connectivity index (χ3v) is 7.77. The summed E-state index contributed by atoms with van der Waals surface area (Å²) in [5, 5.41) is 3.02. The first kappa shape index (κ1) is 21.3. The lowest BCUT2D eigenvalue weighted by Crippen LogP contribution is -2.55. The molecule has 2 heterocycles. The number of rotatable bonds is 4. The molecule has 0 radical (unpaired) electrons. The molecule has 7 heteroatoms. The van der Waals surface area contributed by atoms with Crippen molar-refractivity contribution in [3.8, 4) is 0 Å². The van der Waals surface area contributed by atoms with Crippen LogP contribution in [0.5, 0.6) is 0 Å². The third kappa shape index (κ3) is 5.13. The van der Waals surface area contributed by atoms with Gasteiger partial charge in [-0.05, 0) is 36.5 Å². The van der Waals surface area contributed by atoms with Crippen LogP contribution in [-0.2, 0) is 20.0 Å². The minimum Gasteiger partial charge on any atom is -0.325 e. The molecule has 28 heavy (non-hydrogen) atoms. The van der Waals surface area contributed by atoms with Gasteiger partial charge in [0.2, 0.25) is 5.91 Å². The van der Waals surface area contributed by atoms with Crippen LogP contribution in [-0.4, -0.2) is 73.9 Å². The number of nitrogens with one attached hydrogen (secondary N) is 1. The smallest absolute Gasteiger partial charge is 0.241 e. The number of anilines is 1. The van der Waals surface area contributed by atoms with Crippen molar-refractivity contribution >= 4 is 21.4 Å². The fourth-order valence-corrected chi connectivity index (χ4v) is 5.78. The summed E-state index contributed by atoms with van der Waals surface area (Å²) in [6.45, 7) is 11.7. The fraction of sp³-hybridized carbons (Fsp3) is 0.667. The number of hydrogen-bond acceptors (Lipinski definition) is 5. The number of piperazine rings is 1. The zero-order valence-corrected chi connectivity index (χ0v) is 18.3. The Morgan fingerprint density at radius 1 is 1.11 bits per heavy atom. The van der Waals surface area contributed by atoms with Crippen molar-refractivity contribution in [3.63, 3.8) is 0 Å². The fourth-order valence-electron chi connectivity index (χ4n) is 4.02. The lowest BCUT2D eigenvalue weighted by molar-refractivity contribution is -0.121. The normalized spacial score (nSPS) is 24.8. The van der Waals surface area contributed by atoms with Gasteiger partial charge in [-0.15, -0.1) is 0 Å². The summed E-state index contributed by atoms with van der Waals surface area (Å²) in [6.07, 6.45) is 0.739. The molecule has 0 aromatic heterocycles. The number of hydrogen-bond donors (Lipinski definition) is 1. The Balaban J connectivity index is 1.50. The minimum absolute atomic E-state index is 0.000373. The van der Waals surface area contributed by atoms with Crippen LogP contribution in [0.4, 0.5) is 5.69 Å². The molecule has 0 spiro atoms. The van der Waals surface area contributed by atoms with Gasteiger partial charge in [0, 0.05) is 37.9 Å². The van der Waals surface area contributed by atoms with Crippen molar-refractivity contribution < 1.29 is 13.2 Å². The standard InChI is InChI=1S/C21H33N3O3S/c1-16(20(25)22-18-7-5-17(6-8-18)21(2,3)4)23-10-12-24(13-11-23)19-9-14-28(26,27)15-19/h5-8,16,19H,9-15H2,1-4H3,(H,22,25)/t16-,19-/m0/s1. The molecule has 2 aliphatic rings. The van der Waals surface area contributed by atoms with Crippen molar-refractivity contribution in [3.05, 3.63) is 29.8 Å². The molecule has 1 aromatic carbocycles. The first-order valence-corrected chi connectivity index (χ1v) is 12.0. The van der Waals surface area contributed by atoms with E-state index in [4.69, 9.17) is 0 Å². The molecule has 1 amide bonds. The summed E-state index contributed by atoms with van der Waals surface area (Å²) in [7, 11) is -2.85. The van der Waals surface area contributed by atoms with E-state index in [1.165, 1.54) is 5.56 Å². The van der Waals surface area contributed by atoms with Gasteiger partial charge in [-0.25, -0.2) is 8.42 Å². The molecule has 156 valence electrons. The maximum absolute atomic E-state index is 12.7. The van der Waals surface area contributed by atoms with E-state index in [1.54, 1.807) is 0 Å². The minimum atomic E-state index is -2.85. The monoisotopic (exact) mass is 407 g/mol. The van der Waals surface area contributed by atoms with Crippen LogP contribution < -0.4 is 5.32 Å². The molecular formula is C21H33N3O3S. The first-order valence-electron chi connectivity index (χ1n) is 10.2. The Kier molecular flexibility index (Phi) is 6.17. The zero-order valence-electron chi connectivity index (χ0n) is 17.4. The molecule has 0 saturated carbocycles. The van der Waals surface area contributed by atoms with E-state index in [0.717, 1.165) is 38.3 Å². The predicted molar refractivity (Wildman–Crippen MR) is 113 cm³/mol. The van der Waals surface area contributed by atoms with Gasteiger partial charge in [-0.3, -0.25) is 14.6 Å². The summed E-state index contributed by atoms with van der Waals surface area (Å²) in [4.78, 5) is 17.1. The lowest BCUT2D eigenvalue weighted by Gasteiger charge is -2.39. The van der Waals surface area contributed by atoms with Gasteiger partial charge in [-0.2, -0.15) is 0 Å². The van der Waals surface area contributed by atoms with Crippen molar-refractivity contribution in [2.45, 2.75) is 51.6 Å². The highest BCUT2D eigenvalue weighted by Gasteiger charge is 2.35. The van der Waals surface area contributed by atoms with Gasteiger partial charge in [0.05, 0.1) is 17.5 Å². The van der Waals surface area contributed by atoms with E-state index in [9.17, 15) is 13.2 Å². The highest BCUT2D eigenvalue weighted by Crippen LogP contribution is 2.24. The maximum atomic E-state index is 12.7. The summed E-state index contributed by atoms with van der Waals surface area (Å²) >= 11 is 0. The number of nitrogens with zero attached hydrogens (tertiary/aromatic N) is 2. The van der Waals surface area contributed by atoms with Crippen LogP contribution in [0, 0.1) is 0 Å². The summed E-state index contributed by atoms with van der Waals surface area (Å²) in [5.41, 5.74) is 2.15. The average Bonchev–Trinajstić information content (AvgIpc) is 3.01. The van der Waals surface area contributed by atoms with Gasteiger partial charge in [0.15, 0.2) is 9.84 Å². The zero-order chi connectivity index (χ0) is 20.5. The predicted octanol–water partition coefficient (Wildman–Crippen LogP) is 2.12. The van der Waals surface area contributed by atoms with E-state index in [0.29, 0.717) is 5.75 Å². The third-order valence-electron chi connectivity index (χ3n) is 6.02. The Morgan fingerprint density at radius 2 is 1.71 bits per heavy atom. The number of sulfone groups is 1. The molecule has 2 fully saturated rings. The molecule has 0 bridgehead atoms. The summed E-state index contributed by atoms with van der Waals surface area (Å²) < 4.78 is 23.4. The van der Waals surface area contributed by atoms with Gasteiger partial charge in [-0.1, -0.05) is 32.9 Å². The highest BCUT2D eigenvalue weighted by atomic mass is 32.2. The molecule has 0 aliphatic carbocycles. The summed E-state index contributed by atoms with van der Waals surface area (Å²) in [6, 6.07) is 7.99. The van der Waals surface area contributed by atoms with E-state index in [2.05, 4.69) is 48.0 Å². The second-order valence-corrected chi connectivity index (χ2v) is 11.4. The van der Waals surface area contributed by atoms with Gasteiger partial charge < -0.3 is 5.32 Å². The van der Waals surface area contributed by atoms with Gasteiger partial charge >= 0.3 is 0 Å². The molecule has 6 nitrogen and oxygen atoms in total. The van der Waals surface area contributed by atoms with Crippen molar-refractivity contribution in [2.24, 2.45) is 0 Å². The highest BCUT2D eigenvalue weighted by molar-refractivity contribution is 7.91. The quantitative estimate of drug-likeness (QED) is 0.828. The lowest BCUT2D eigenvalue weighted by atomic mass is 9.87. The Labute approximate surface area is 169 Å². The molecule has 2 atom stereocenters. The molecular weight excluding hydrogens is 374 g/mol. The van der Waals surface area contributed by atoms with E-state index >= 15 is 0 Å². The maximum Gasteiger partial charge on any atom is 0.241 e. The first-order chi connectivity index (χ1) is 13.0. The molecule has 1 aromatic rings. The van der Waals surface area contributed by atoms with Crippen molar-refractivity contribution in [1.82, 2.24) is 9.80 Å². The van der Waals surface area contributed by atoms with Crippen molar-refractivity contribution in [2.75, 3.05) is 43.0 Å². The Hall–Kier alpha value is -1.44. The van der Waals surface area contributed by atoms with Crippen molar-refractivity contribution in [1.29, 1.82) is 0 Å². The van der Waals surface area contributed by atoms with E-state index in [-0.39, 0.29) is 29.2 Å². The van der Waals surface area contributed by atoms with Gasteiger partial charge in [0.25, 0.3) is 0 Å². The Bertz CT molecular complexity index is 791.